The average Bonchev–Trinajstić information content (AvgIpc) is 3.12. The summed E-state index contributed by atoms with van der Waals surface area (Å²) >= 11 is 1.30. The Balaban J connectivity index is 1.81. The summed E-state index contributed by atoms with van der Waals surface area (Å²) in [6, 6.07) is 1.61. The molecule has 8 heteroatoms. The molecule has 0 radical (unpaired) electrons. The van der Waals surface area contributed by atoms with Gasteiger partial charge in [0.1, 0.15) is 4.88 Å². The van der Waals surface area contributed by atoms with Gasteiger partial charge in [0.25, 0.3) is 5.91 Å². The van der Waals surface area contributed by atoms with Gasteiger partial charge in [-0.1, -0.05) is 0 Å². The normalized spacial score (nSPS) is 12.2. The van der Waals surface area contributed by atoms with E-state index in [9.17, 15) is 4.79 Å². The van der Waals surface area contributed by atoms with Crippen molar-refractivity contribution < 1.29 is 4.79 Å². The number of hydrogen-bond donors (Lipinski definition) is 1. The van der Waals surface area contributed by atoms with Gasteiger partial charge >= 0.3 is 0 Å². The first-order chi connectivity index (χ1) is 11.5. The number of carbonyl (C=O) groups excluding carboxylic acids is 1. The summed E-state index contributed by atoms with van der Waals surface area (Å²) in [5.74, 6) is 0.378. The zero-order chi connectivity index (χ0) is 17.3. The SMILES string of the molecule is Cc1nc(-c2ncccn2)sc1C(=O)N[C@H](C)c1cnn(C)c1C. The van der Waals surface area contributed by atoms with Crippen LogP contribution in [0.1, 0.15) is 39.6 Å². The van der Waals surface area contributed by atoms with Gasteiger partial charge in [0.2, 0.25) is 0 Å². The number of nitrogens with one attached hydrogen (secondary N) is 1. The maximum absolute atomic E-state index is 12.6. The van der Waals surface area contributed by atoms with Crippen LogP contribution in [0.4, 0.5) is 0 Å². The van der Waals surface area contributed by atoms with Gasteiger partial charge in [0.15, 0.2) is 10.8 Å². The fourth-order valence-corrected chi connectivity index (χ4v) is 3.31. The monoisotopic (exact) mass is 342 g/mol. The fourth-order valence-electron chi connectivity index (χ4n) is 2.39. The van der Waals surface area contributed by atoms with Crippen molar-refractivity contribution in [2.75, 3.05) is 0 Å². The zero-order valence-electron chi connectivity index (χ0n) is 13.9. The van der Waals surface area contributed by atoms with Crippen molar-refractivity contribution in [3.63, 3.8) is 0 Å². The number of hydrogen-bond acceptors (Lipinski definition) is 6. The third kappa shape index (κ3) is 3.05. The predicted molar refractivity (Wildman–Crippen MR) is 91.7 cm³/mol. The van der Waals surface area contributed by atoms with Gasteiger partial charge in [-0.2, -0.15) is 5.10 Å². The number of nitrogens with zero attached hydrogens (tertiary/aromatic N) is 5. The largest absolute Gasteiger partial charge is 0.345 e. The van der Waals surface area contributed by atoms with Crippen molar-refractivity contribution >= 4 is 17.2 Å². The smallest absolute Gasteiger partial charge is 0.263 e. The zero-order valence-corrected chi connectivity index (χ0v) is 14.8. The van der Waals surface area contributed by atoms with Gasteiger partial charge in [-0.3, -0.25) is 9.48 Å². The number of aryl methyl sites for hydroxylation is 2. The Labute approximate surface area is 143 Å². The molecule has 1 amide bonds. The van der Waals surface area contributed by atoms with Crippen molar-refractivity contribution in [1.82, 2.24) is 30.0 Å². The van der Waals surface area contributed by atoms with Crippen LogP contribution in [0.3, 0.4) is 0 Å². The second kappa shape index (κ2) is 6.48. The van der Waals surface area contributed by atoms with Gasteiger partial charge in [-0.15, -0.1) is 11.3 Å². The molecule has 3 aromatic rings. The van der Waals surface area contributed by atoms with Gasteiger partial charge in [0.05, 0.1) is 17.9 Å². The molecule has 0 saturated carbocycles. The lowest BCUT2D eigenvalue weighted by atomic mass is 10.1. The third-order valence-electron chi connectivity index (χ3n) is 3.85. The quantitative estimate of drug-likeness (QED) is 0.787. The molecule has 7 nitrogen and oxygen atoms in total. The molecule has 0 spiro atoms. The van der Waals surface area contributed by atoms with Crippen LogP contribution in [0.15, 0.2) is 24.7 Å². The Bertz CT molecular complexity index is 870. The Kier molecular flexibility index (Phi) is 4.39. The number of carbonyl (C=O) groups is 1. The maximum Gasteiger partial charge on any atom is 0.263 e. The number of amides is 1. The van der Waals surface area contributed by atoms with Gasteiger partial charge < -0.3 is 5.32 Å². The molecule has 1 atom stereocenters. The lowest BCUT2D eigenvalue weighted by Gasteiger charge is -2.13. The molecule has 0 aromatic carbocycles. The van der Waals surface area contributed by atoms with Crippen LogP contribution in [-0.2, 0) is 7.05 Å². The van der Waals surface area contributed by atoms with E-state index in [1.54, 1.807) is 29.3 Å². The van der Waals surface area contributed by atoms with E-state index in [4.69, 9.17) is 0 Å². The Morgan fingerprint density at radius 2 is 2.00 bits per heavy atom. The lowest BCUT2D eigenvalue weighted by Crippen LogP contribution is -2.26. The highest BCUT2D eigenvalue weighted by atomic mass is 32.1. The van der Waals surface area contributed by atoms with Crippen LogP contribution < -0.4 is 5.32 Å². The van der Waals surface area contributed by atoms with E-state index >= 15 is 0 Å². The first-order valence-electron chi connectivity index (χ1n) is 7.51. The number of thiazole rings is 1. The first kappa shape index (κ1) is 16.3. The summed E-state index contributed by atoms with van der Waals surface area (Å²) in [7, 11) is 1.88. The van der Waals surface area contributed by atoms with Crippen molar-refractivity contribution in [3.05, 3.63) is 46.5 Å². The summed E-state index contributed by atoms with van der Waals surface area (Å²) < 4.78 is 1.79. The lowest BCUT2D eigenvalue weighted by molar-refractivity contribution is 0.0943. The van der Waals surface area contributed by atoms with Crippen LogP contribution in [-0.4, -0.2) is 30.6 Å². The van der Waals surface area contributed by atoms with Crippen molar-refractivity contribution in [3.8, 4) is 10.8 Å². The van der Waals surface area contributed by atoms with Crippen LogP contribution in [0.5, 0.6) is 0 Å². The second-order valence-corrected chi connectivity index (χ2v) is 6.51. The molecular weight excluding hydrogens is 324 g/mol. The standard InChI is InChI=1S/C16H18N6OS/c1-9(12-8-19-22(4)11(12)3)20-15(23)13-10(2)21-16(24-13)14-17-6-5-7-18-14/h5-9H,1-4H3,(H,20,23)/t9-/m1/s1. The Hall–Kier alpha value is -2.61. The van der Waals surface area contributed by atoms with Crippen LogP contribution in [0.25, 0.3) is 10.8 Å². The molecular formula is C16H18N6OS. The molecule has 0 aliphatic carbocycles. The van der Waals surface area contributed by atoms with Crippen molar-refractivity contribution in [2.24, 2.45) is 7.05 Å². The van der Waals surface area contributed by atoms with Crippen LogP contribution in [0.2, 0.25) is 0 Å². The molecule has 3 rings (SSSR count). The molecule has 0 aliphatic heterocycles. The van der Waals surface area contributed by atoms with E-state index in [-0.39, 0.29) is 11.9 Å². The summed E-state index contributed by atoms with van der Waals surface area (Å²) in [5, 5.41) is 7.87. The van der Waals surface area contributed by atoms with Gasteiger partial charge in [-0.05, 0) is 26.8 Å². The number of rotatable bonds is 4. The van der Waals surface area contributed by atoms with Crippen molar-refractivity contribution in [2.45, 2.75) is 26.8 Å². The summed E-state index contributed by atoms with van der Waals surface area (Å²) in [4.78, 5) is 26.0. The highest BCUT2D eigenvalue weighted by Gasteiger charge is 2.20. The number of aromatic nitrogens is 5. The van der Waals surface area contributed by atoms with Gasteiger partial charge in [0, 0.05) is 30.7 Å². The molecule has 0 fully saturated rings. The highest BCUT2D eigenvalue weighted by molar-refractivity contribution is 7.17. The maximum atomic E-state index is 12.6. The Morgan fingerprint density at radius 1 is 1.29 bits per heavy atom. The highest BCUT2D eigenvalue weighted by Crippen LogP contribution is 2.26. The minimum atomic E-state index is -0.150. The topological polar surface area (TPSA) is 85.6 Å². The van der Waals surface area contributed by atoms with E-state index in [0.717, 1.165) is 11.3 Å². The molecule has 0 aliphatic rings. The first-order valence-corrected chi connectivity index (χ1v) is 8.33. The minimum absolute atomic E-state index is 0.135. The molecule has 0 unspecified atom stereocenters. The van der Waals surface area contributed by atoms with E-state index in [2.05, 4.69) is 25.4 Å². The third-order valence-corrected chi connectivity index (χ3v) is 5.00. The Morgan fingerprint density at radius 3 is 2.62 bits per heavy atom. The average molecular weight is 342 g/mol. The molecule has 3 heterocycles. The molecule has 0 saturated heterocycles. The summed E-state index contributed by atoms with van der Waals surface area (Å²) in [6.07, 6.45) is 5.10. The molecule has 1 N–H and O–H groups in total. The summed E-state index contributed by atoms with van der Waals surface area (Å²) in [6.45, 7) is 5.74. The van der Waals surface area contributed by atoms with Gasteiger partial charge in [-0.25, -0.2) is 15.0 Å². The minimum Gasteiger partial charge on any atom is -0.345 e. The molecule has 124 valence electrons. The van der Waals surface area contributed by atoms with Crippen molar-refractivity contribution in [1.29, 1.82) is 0 Å². The van der Waals surface area contributed by atoms with E-state index in [1.165, 1.54) is 11.3 Å². The predicted octanol–water partition coefficient (Wildman–Crippen LogP) is 2.44. The van der Waals surface area contributed by atoms with Crippen LogP contribution in [0, 0.1) is 13.8 Å². The van der Waals surface area contributed by atoms with E-state index < -0.39 is 0 Å². The van der Waals surface area contributed by atoms with E-state index in [1.807, 2.05) is 27.8 Å². The molecule has 24 heavy (non-hydrogen) atoms. The fraction of sp³-hybridized carbons (Fsp3) is 0.312. The molecule has 3 aromatic heterocycles. The van der Waals surface area contributed by atoms with E-state index in [0.29, 0.717) is 21.4 Å². The van der Waals surface area contributed by atoms with Crippen LogP contribution >= 0.6 is 11.3 Å². The second-order valence-electron chi connectivity index (χ2n) is 5.51. The summed E-state index contributed by atoms with van der Waals surface area (Å²) in [5.41, 5.74) is 2.71. The molecule has 0 bridgehead atoms.